The van der Waals surface area contributed by atoms with Gasteiger partial charge in [0.25, 0.3) is 0 Å². The smallest absolute Gasteiger partial charge is 0.0434 e. The summed E-state index contributed by atoms with van der Waals surface area (Å²) in [5.74, 6) is 0. The lowest BCUT2D eigenvalue weighted by Crippen LogP contribution is -1.91. The molecule has 2 heterocycles. The van der Waals surface area contributed by atoms with Gasteiger partial charge in [0.05, 0.1) is 0 Å². The molecule has 0 aliphatic carbocycles. The Kier molecular flexibility index (Phi) is 7.45. The monoisotopic (exact) mass is 794 g/mol. The third-order valence-corrected chi connectivity index (χ3v) is 15.1. The summed E-state index contributed by atoms with van der Waals surface area (Å²) >= 11 is 3.87. The minimum absolute atomic E-state index is 1.23. The maximum atomic E-state index is 2.50. The van der Waals surface area contributed by atoms with E-state index >= 15 is 0 Å². The normalized spacial score (nSPS) is 12.0. The summed E-state index contributed by atoms with van der Waals surface area (Å²) in [4.78, 5) is 0. The molecule has 0 nitrogen and oxygen atoms in total. The number of benzene rings is 11. The predicted octanol–water partition coefficient (Wildman–Crippen LogP) is 17.7. The molecule has 0 fully saturated rings. The first-order valence-electron chi connectivity index (χ1n) is 20.6. The van der Waals surface area contributed by atoms with Gasteiger partial charge in [-0.15, -0.1) is 22.7 Å². The predicted molar refractivity (Wildman–Crippen MR) is 264 cm³/mol. The van der Waals surface area contributed by atoms with E-state index in [1.807, 2.05) is 22.7 Å². The molecule has 0 unspecified atom stereocenters. The van der Waals surface area contributed by atoms with Crippen molar-refractivity contribution in [2.45, 2.75) is 0 Å². The van der Waals surface area contributed by atoms with Crippen LogP contribution in [-0.2, 0) is 0 Å². The van der Waals surface area contributed by atoms with Crippen LogP contribution in [0.3, 0.4) is 0 Å². The fourth-order valence-corrected chi connectivity index (χ4v) is 12.4. The maximum absolute atomic E-state index is 2.50. The summed E-state index contributed by atoms with van der Waals surface area (Å²) in [6, 6.07) is 76.6. The molecule has 0 bridgehead atoms. The minimum atomic E-state index is 1.23. The van der Waals surface area contributed by atoms with Gasteiger partial charge in [-0.1, -0.05) is 182 Å². The second-order valence-corrected chi connectivity index (χ2v) is 18.0. The van der Waals surface area contributed by atoms with Gasteiger partial charge in [0, 0.05) is 61.9 Å². The minimum Gasteiger partial charge on any atom is -0.135 e. The van der Waals surface area contributed by atoms with Crippen LogP contribution in [0.4, 0.5) is 0 Å². The van der Waals surface area contributed by atoms with Gasteiger partial charge in [-0.3, -0.25) is 0 Å². The molecule has 278 valence electrons. The molecule has 0 atom stereocenters. The largest absolute Gasteiger partial charge is 0.135 e. The van der Waals surface area contributed by atoms with E-state index in [9.17, 15) is 0 Å². The Balaban J connectivity index is 1.13. The Bertz CT molecular complexity index is 3580. The summed E-state index contributed by atoms with van der Waals surface area (Å²) in [6.07, 6.45) is 0. The molecule has 13 rings (SSSR count). The molecule has 0 amide bonds. The van der Waals surface area contributed by atoms with Crippen molar-refractivity contribution in [2.75, 3.05) is 0 Å². The zero-order valence-corrected chi connectivity index (χ0v) is 34.1. The van der Waals surface area contributed by atoms with E-state index in [0.717, 1.165) is 0 Å². The van der Waals surface area contributed by atoms with Gasteiger partial charge in [-0.2, -0.15) is 0 Å². The molecule has 0 saturated carbocycles. The molecule has 0 saturated heterocycles. The number of hydrogen-bond donors (Lipinski definition) is 0. The first-order chi connectivity index (χ1) is 29.8. The highest BCUT2D eigenvalue weighted by Gasteiger charge is 2.22. The molecule has 0 spiro atoms. The standard InChI is InChI=1S/C58H34S2/c1-3-13-35(14-4-1)37-25-29-39(30-26-37)47-33-49-53-45-21-11-24-52-56(45)54(46-22-12-23-51(55(46)53)59-57(49)43-19-9-7-17-41(43)47)50-34-48(42-18-8-10-20-44(42)58(50)60-52)40-31-27-38(28-32-40)36-15-5-2-6-16-36/h1-34H. The summed E-state index contributed by atoms with van der Waals surface area (Å²) in [5, 5.41) is 15.9. The first kappa shape index (κ1) is 33.8. The fourth-order valence-electron chi connectivity index (χ4n) is 9.93. The molecular formula is C58H34S2. The molecule has 0 N–H and O–H groups in total. The van der Waals surface area contributed by atoms with Crippen molar-refractivity contribution < 1.29 is 0 Å². The van der Waals surface area contributed by atoms with Gasteiger partial charge < -0.3 is 0 Å². The molecular weight excluding hydrogens is 761 g/mol. The summed E-state index contributed by atoms with van der Waals surface area (Å²) < 4.78 is 5.32. The van der Waals surface area contributed by atoms with Crippen molar-refractivity contribution in [3.8, 4) is 44.5 Å². The quantitative estimate of drug-likeness (QED) is 0.123. The third kappa shape index (κ3) is 5.02. The van der Waals surface area contributed by atoms with Gasteiger partial charge in [0.2, 0.25) is 0 Å². The van der Waals surface area contributed by atoms with Crippen molar-refractivity contribution in [2.24, 2.45) is 0 Å². The van der Waals surface area contributed by atoms with E-state index in [4.69, 9.17) is 0 Å². The summed E-state index contributed by atoms with van der Waals surface area (Å²) in [5.41, 5.74) is 9.94. The van der Waals surface area contributed by atoms with Crippen molar-refractivity contribution in [3.63, 3.8) is 0 Å². The molecule has 60 heavy (non-hydrogen) atoms. The van der Waals surface area contributed by atoms with Gasteiger partial charge in [-0.25, -0.2) is 0 Å². The van der Waals surface area contributed by atoms with Crippen LogP contribution in [0, 0.1) is 0 Å². The van der Waals surface area contributed by atoms with E-state index in [1.165, 1.54) is 128 Å². The fraction of sp³-hybridized carbons (Fsp3) is 0. The first-order valence-corrected chi connectivity index (χ1v) is 22.2. The Morgan fingerprint density at radius 1 is 0.217 bits per heavy atom. The van der Waals surface area contributed by atoms with Crippen LogP contribution in [0.25, 0.3) is 128 Å². The van der Waals surface area contributed by atoms with Crippen LogP contribution in [0.5, 0.6) is 0 Å². The van der Waals surface area contributed by atoms with Crippen molar-refractivity contribution in [3.05, 3.63) is 206 Å². The van der Waals surface area contributed by atoms with E-state index < -0.39 is 0 Å². The maximum Gasteiger partial charge on any atom is 0.0434 e. The topological polar surface area (TPSA) is 0 Å². The van der Waals surface area contributed by atoms with Crippen LogP contribution in [-0.4, -0.2) is 0 Å². The summed E-state index contributed by atoms with van der Waals surface area (Å²) in [7, 11) is 0. The highest BCUT2D eigenvalue weighted by molar-refractivity contribution is 7.26. The Morgan fingerprint density at radius 3 is 0.967 bits per heavy atom. The Hall–Kier alpha value is -7.10. The number of hydrogen-bond acceptors (Lipinski definition) is 2. The molecule has 2 aromatic heterocycles. The van der Waals surface area contributed by atoms with E-state index in [0.29, 0.717) is 0 Å². The SMILES string of the molecule is c1ccc(-c2ccc(-c3cc4c(sc5cccc6c5c4c4cccc5sc7c8ccccc8c(-c8ccc(-c9ccccc9)cc8)cc7c6c54)c4ccccc34)cc2)cc1. The van der Waals surface area contributed by atoms with E-state index in [-0.39, 0.29) is 0 Å². The highest BCUT2D eigenvalue weighted by atomic mass is 32.1. The van der Waals surface area contributed by atoms with E-state index in [1.54, 1.807) is 0 Å². The molecule has 2 heteroatoms. The summed E-state index contributed by atoms with van der Waals surface area (Å²) in [6.45, 7) is 0. The van der Waals surface area contributed by atoms with Gasteiger partial charge in [0.1, 0.15) is 0 Å². The number of fused-ring (bicyclic) bond motifs is 10. The van der Waals surface area contributed by atoms with Crippen molar-refractivity contribution >= 4 is 106 Å². The lowest BCUT2D eigenvalue weighted by Gasteiger charge is -2.20. The third-order valence-electron chi connectivity index (χ3n) is 12.7. The highest BCUT2D eigenvalue weighted by Crippen LogP contribution is 2.52. The number of rotatable bonds is 4. The van der Waals surface area contributed by atoms with E-state index in [2.05, 4.69) is 206 Å². The molecule has 11 aromatic carbocycles. The molecule has 0 aliphatic heterocycles. The lowest BCUT2D eigenvalue weighted by molar-refractivity contribution is 1.61. The van der Waals surface area contributed by atoms with Crippen LogP contribution >= 0.6 is 22.7 Å². The molecule has 13 aromatic rings. The Labute approximate surface area is 354 Å². The Morgan fingerprint density at radius 2 is 0.550 bits per heavy atom. The van der Waals surface area contributed by atoms with Crippen molar-refractivity contribution in [1.82, 2.24) is 0 Å². The van der Waals surface area contributed by atoms with Crippen molar-refractivity contribution in [1.29, 1.82) is 0 Å². The van der Waals surface area contributed by atoms with Crippen LogP contribution < -0.4 is 0 Å². The zero-order valence-electron chi connectivity index (χ0n) is 32.4. The second-order valence-electron chi connectivity index (χ2n) is 15.9. The lowest BCUT2D eigenvalue weighted by atomic mass is 9.88. The van der Waals surface area contributed by atoms with Gasteiger partial charge >= 0.3 is 0 Å². The van der Waals surface area contributed by atoms with Gasteiger partial charge in [0.15, 0.2) is 0 Å². The average molecular weight is 795 g/mol. The molecule has 0 radical (unpaired) electrons. The average Bonchev–Trinajstić information content (AvgIpc) is 3.32. The van der Waals surface area contributed by atoms with Crippen LogP contribution in [0.1, 0.15) is 0 Å². The van der Waals surface area contributed by atoms with Gasteiger partial charge in [-0.05, 0) is 90.3 Å². The second kappa shape index (κ2) is 13.2. The van der Waals surface area contributed by atoms with Crippen LogP contribution in [0.2, 0.25) is 0 Å². The van der Waals surface area contributed by atoms with Crippen LogP contribution in [0.15, 0.2) is 206 Å². The zero-order chi connectivity index (χ0) is 39.3. The molecule has 0 aliphatic rings.